The number of aryl methyl sites for hydroxylation is 1. The summed E-state index contributed by atoms with van der Waals surface area (Å²) in [5.74, 6) is -0.318. The van der Waals surface area contributed by atoms with E-state index in [-0.39, 0.29) is 19.0 Å². The van der Waals surface area contributed by atoms with Gasteiger partial charge in [-0.1, -0.05) is 17.7 Å². The van der Waals surface area contributed by atoms with Crippen molar-refractivity contribution in [1.29, 1.82) is 0 Å². The lowest BCUT2D eigenvalue weighted by Gasteiger charge is -2.28. The van der Waals surface area contributed by atoms with Crippen LogP contribution in [0.5, 0.6) is 5.75 Å². The summed E-state index contributed by atoms with van der Waals surface area (Å²) in [4.78, 5) is 12.4. The monoisotopic (exact) mass is 394 g/mol. The number of nitrogens with zero attached hydrogens (tertiary/aromatic N) is 1. The molecule has 0 saturated carbocycles. The van der Waals surface area contributed by atoms with Gasteiger partial charge >= 0.3 is 0 Å². The minimum absolute atomic E-state index is 0.174. The van der Waals surface area contributed by atoms with E-state index < -0.39 is 22.0 Å². The van der Waals surface area contributed by atoms with E-state index in [4.69, 9.17) is 4.74 Å². The van der Waals surface area contributed by atoms with Crippen molar-refractivity contribution in [2.24, 2.45) is 0 Å². The van der Waals surface area contributed by atoms with Crippen LogP contribution < -0.4 is 14.4 Å². The fraction of sp³-hybridized carbons (Fsp3) is 0.316. The molecule has 8 heteroatoms. The van der Waals surface area contributed by atoms with Gasteiger partial charge in [-0.3, -0.25) is 9.10 Å². The molecule has 0 aliphatic heterocycles. The third-order valence-corrected chi connectivity index (χ3v) is 5.10. The number of hydrogen-bond acceptors (Lipinski definition) is 4. The Bertz CT molecular complexity index is 868. The molecule has 0 bridgehead atoms. The van der Waals surface area contributed by atoms with E-state index in [1.54, 1.807) is 24.3 Å². The maximum absolute atomic E-state index is 12.8. The third kappa shape index (κ3) is 5.96. The maximum Gasteiger partial charge on any atom is 0.243 e. The van der Waals surface area contributed by atoms with E-state index in [1.165, 1.54) is 31.2 Å². The lowest BCUT2D eigenvalue weighted by Crippen LogP contribution is -2.48. The molecule has 0 fully saturated rings. The molecule has 1 amide bonds. The molecule has 146 valence electrons. The summed E-state index contributed by atoms with van der Waals surface area (Å²) >= 11 is 0. The zero-order valence-electron chi connectivity index (χ0n) is 15.5. The highest BCUT2D eigenvalue weighted by atomic mass is 32.2. The van der Waals surface area contributed by atoms with Crippen LogP contribution in [0.3, 0.4) is 0 Å². The van der Waals surface area contributed by atoms with Crippen LogP contribution in [0.25, 0.3) is 0 Å². The molecule has 6 nitrogen and oxygen atoms in total. The van der Waals surface area contributed by atoms with Crippen molar-refractivity contribution in [3.05, 3.63) is 59.9 Å². The quantitative estimate of drug-likeness (QED) is 0.698. The Kier molecular flexibility index (Phi) is 6.79. The lowest BCUT2D eigenvalue weighted by molar-refractivity contribution is -0.121. The van der Waals surface area contributed by atoms with Crippen molar-refractivity contribution in [2.45, 2.75) is 19.9 Å². The molecule has 1 N–H and O–H groups in total. The Hall–Kier alpha value is -2.61. The Labute approximate surface area is 159 Å². The van der Waals surface area contributed by atoms with Crippen LogP contribution in [0.2, 0.25) is 0 Å². The first-order valence-corrected chi connectivity index (χ1v) is 10.3. The number of ether oxygens (including phenoxy) is 1. The average Bonchev–Trinajstić information content (AvgIpc) is 2.60. The summed E-state index contributed by atoms with van der Waals surface area (Å²) in [6.45, 7) is 3.78. The minimum atomic E-state index is -3.65. The predicted octanol–water partition coefficient (Wildman–Crippen LogP) is 2.48. The summed E-state index contributed by atoms with van der Waals surface area (Å²) in [6, 6.07) is 11.5. The topological polar surface area (TPSA) is 75.7 Å². The van der Waals surface area contributed by atoms with Gasteiger partial charge in [0.2, 0.25) is 15.9 Å². The van der Waals surface area contributed by atoms with Crippen molar-refractivity contribution in [3.8, 4) is 5.75 Å². The minimum Gasteiger partial charge on any atom is -0.492 e. The van der Waals surface area contributed by atoms with Crippen LogP contribution in [-0.2, 0) is 14.8 Å². The second-order valence-electron chi connectivity index (χ2n) is 6.16. The highest BCUT2D eigenvalue weighted by Crippen LogP contribution is 2.21. The summed E-state index contributed by atoms with van der Waals surface area (Å²) in [5.41, 5.74) is 1.41. The van der Waals surface area contributed by atoms with Gasteiger partial charge in [0, 0.05) is 0 Å². The van der Waals surface area contributed by atoms with Crippen LogP contribution in [0.4, 0.5) is 10.1 Å². The lowest BCUT2D eigenvalue weighted by atomic mass is 10.2. The first-order chi connectivity index (χ1) is 12.7. The smallest absolute Gasteiger partial charge is 0.243 e. The second kappa shape index (κ2) is 8.85. The zero-order valence-corrected chi connectivity index (χ0v) is 16.3. The highest BCUT2D eigenvalue weighted by Gasteiger charge is 2.28. The van der Waals surface area contributed by atoms with E-state index in [0.29, 0.717) is 11.4 Å². The number of hydrogen-bond donors (Lipinski definition) is 1. The number of halogens is 1. The van der Waals surface area contributed by atoms with Gasteiger partial charge in [-0.05, 0) is 50.2 Å². The Morgan fingerprint density at radius 2 is 1.74 bits per heavy atom. The van der Waals surface area contributed by atoms with E-state index in [2.05, 4.69) is 5.32 Å². The number of benzene rings is 2. The number of carbonyl (C=O) groups excluding carboxylic acids is 1. The summed E-state index contributed by atoms with van der Waals surface area (Å²) < 4.78 is 43.7. The molecule has 0 aliphatic carbocycles. The molecule has 0 unspecified atom stereocenters. The number of nitrogens with one attached hydrogen (secondary N) is 1. The second-order valence-corrected chi connectivity index (χ2v) is 8.02. The molecule has 0 spiro atoms. The molecular weight excluding hydrogens is 371 g/mol. The van der Waals surface area contributed by atoms with Crippen molar-refractivity contribution in [3.63, 3.8) is 0 Å². The molecular formula is C19H23FN2O4S. The first-order valence-electron chi connectivity index (χ1n) is 8.40. The van der Waals surface area contributed by atoms with E-state index in [1.807, 2.05) is 6.92 Å². The molecule has 0 aromatic heterocycles. The van der Waals surface area contributed by atoms with Crippen LogP contribution in [0.1, 0.15) is 12.5 Å². The molecule has 0 heterocycles. The van der Waals surface area contributed by atoms with Crippen LogP contribution in [-0.4, -0.2) is 39.8 Å². The molecule has 1 atom stereocenters. The average molecular weight is 394 g/mol. The summed E-state index contributed by atoms with van der Waals surface area (Å²) in [7, 11) is -3.65. The number of carbonyl (C=O) groups is 1. The molecule has 27 heavy (non-hydrogen) atoms. The van der Waals surface area contributed by atoms with Crippen molar-refractivity contribution in [2.75, 3.05) is 23.7 Å². The molecule has 2 rings (SSSR count). The molecule has 0 saturated heterocycles. The zero-order chi connectivity index (χ0) is 20.0. The summed E-state index contributed by atoms with van der Waals surface area (Å²) in [5, 5.41) is 2.65. The van der Waals surface area contributed by atoms with Gasteiger partial charge in [0.15, 0.2) is 0 Å². The first kappa shape index (κ1) is 20.7. The SMILES string of the molecule is Cc1ccc(N([C@@H](C)C(=O)NCCOc2ccc(F)cc2)S(C)(=O)=O)cc1. The van der Waals surface area contributed by atoms with Gasteiger partial charge in [0.1, 0.15) is 24.2 Å². The normalized spacial score (nSPS) is 12.3. The fourth-order valence-electron chi connectivity index (χ4n) is 2.52. The highest BCUT2D eigenvalue weighted by molar-refractivity contribution is 7.92. The molecule has 2 aromatic carbocycles. The number of sulfonamides is 1. The van der Waals surface area contributed by atoms with Gasteiger partial charge in [0.05, 0.1) is 18.5 Å². The van der Waals surface area contributed by atoms with Gasteiger partial charge < -0.3 is 10.1 Å². The molecule has 2 aromatic rings. The van der Waals surface area contributed by atoms with Gasteiger partial charge in [-0.15, -0.1) is 0 Å². The predicted molar refractivity (Wildman–Crippen MR) is 103 cm³/mol. The Morgan fingerprint density at radius 1 is 1.15 bits per heavy atom. The Balaban J connectivity index is 1.96. The number of rotatable bonds is 8. The van der Waals surface area contributed by atoms with Gasteiger partial charge in [0.25, 0.3) is 0 Å². The maximum atomic E-state index is 12.8. The largest absolute Gasteiger partial charge is 0.492 e. The number of amides is 1. The third-order valence-electron chi connectivity index (χ3n) is 3.86. The fourth-order valence-corrected chi connectivity index (χ4v) is 3.70. The van der Waals surface area contributed by atoms with Crippen LogP contribution in [0, 0.1) is 12.7 Å². The molecule has 0 radical (unpaired) electrons. The van der Waals surface area contributed by atoms with Crippen molar-refractivity contribution < 1.29 is 22.3 Å². The van der Waals surface area contributed by atoms with Gasteiger partial charge in [-0.2, -0.15) is 0 Å². The van der Waals surface area contributed by atoms with Crippen molar-refractivity contribution >= 4 is 21.6 Å². The van der Waals surface area contributed by atoms with Crippen LogP contribution in [0.15, 0.2) is 48.5 Å². The molecule has 0 aliphatic rings. The van der Waals surface area contributed by atoms with Crippen molar-refractivity contribution in [1.82, 2.24) is 5.32 Å². The van der Waals surface area contributed by atoms with Gasteiger partial charge in [-0.25, -0.2) is 12.8 Å². The van der Waals surface area contributed by atoms with Crippen LogP contribution >= 0.6 is 0 Å². The number of anilines is 1. The van der Waals surface area contributed by atoms with E-state index in [9.17, 15) is 17.6 Å². The standard InChI is InChI=1S/C19H23FN2O4S/c1-14-4-8-17(9-5-14)22(27(3,24)25)15(2)19(23)21-12-13-26-18-10-6-16(20)7-11-18/h4-11,15H,12-13H2,1-3H3,(H,21,23)/t15-/m0/s1. The Morgan fingerprint density at radius 3 is 2.30 bits per heavy atom. The summed E-state index contributed by atoms with van der Waals surface area (Å²) in [6.07, 6.45) is 1.06. The van der Waals surface area contributed by atoms with E-state index in [0.717, 1.165) is 16.1 Å². The van der Waals surface area contributed by atoms with E-state index >= 15 is 0 Å².